The first-order chi connectivity index (χ1) is 10.3. The van der Waals surface area contributed by atoms with E-state index >= 15 is 0 Å². The summed E-state index contributed by atoms with van der Waals surface area (Å²) in [6.07, 6.45) is 5.38. The number of furan rings is 1. The van der Waals surface area contributed by atoms with Gasteiger partial charge < -0.3 is 15.1 Å². The molecule has 0 spiro atoms. The molecule has 2 aromatic rings. The second kappa shape index (κ2) is 10.2. The maximum atomic E-state index is 5.29. The zero-order valence-corrected chi connectivity index (χ0v) is 15.3. The Bertz CT molecular complexity index is 552. The van der Waals surface area contributed by atoms with Crippen LogP contribution in [0.4, 0.5) is 0 Å². The number of nitrogens with zero attached hydrogens (tertiary/aromatic N) is 2. The maximum absolute atomic E-state index is 5.29. The minimum atomic E-state index is 0. The third-order valence-corrected chi connectivity index (χ3v) is 3.15. The summed E-state index contributed by atoms with van der Waals surface area (Å²) in [6.45, 7) is 3.61. The predicted molar refractivity (Wildman–Crippen MR) is 99.9 cm³/mol. The highest BCUT2D eigenvalue weighted by atomic mass is 127. The monoisotopic (exact) mass is 414 g/mol. The molecule has 0 saturated heterocycles. The summed E-state index contributed by atoms with van der Waals surface area (Å²) in [5, 5.41) is 6.56. The number of hydrogen-bond donors (Lipinski definition) is 2. The summed E-state index contributed by atoms with van der Waals surface area (Å²) in [5.41, 5.74) is 2.27. The standard InChI is InChI=1S/C16H22N4O.HI/c1-13-5-6-14(12-20-13)7-9-18-16(17-2)19-10-8-15-4-3-11-21-15;/h3-6,11-12H,7-10H2,1-2H3,(H2,17,18,19);1H. The largest absolute Gasteiger partial charge is 0.469 e. The molecule has 2 aromatic heterocycles. The Morgan fingerprint density at radius 3 is 2.55 bits per heavy atom. The summed E-state index contributed by atoms with van der Waals surface area (Å²) < 4.78 is 5.29. The van der Waals surface area contributed by atoms with E-state index in [0.29, 0.717) is 0 Å². The highest BCUT2D eigenvalue weighted by molar-refractivity contribution is 14.0. The molecule has 0 unspecified atom stereocenters. The van der Waals surface area contributed by atoms with E-state index in [1.807, 2.05) is 31.3 Å². The van der Waals surface area contributed by atoms with Gasteiger partial charge in [0.2, 0.25) is 0 Å². The number of rotatable bonds is 6. The van der Waals surface area contributed by atoms with E-state index in [4.69, 9.17) is 4.42 Å². The number of aryl methyl sites for hydroxylation is 1. The smallest absolute Gasteiger partial charge is 0.191 e. The molecule has 2 N–H and O–H groups in total. The van der Waals surface area contributed by atoms with Gasteiger partial charge >= 0.3 is 0 Å². The van der Waals surface area contributed by atoms with Gasteiger partial charge in [0.15, 0.2) is 5.96 Å². The van der Waals surface area contributed by atoms with Crippen molar-refractivity contribution >= 4 is 29.9 Å². The molecule has 0 aliphatic rings. The number of guanidine groups is 1. The van der Waals surface area contributed by atoms with E-state index in [1.165, 1.54) is 5.56 Å². The molecule has 6 heteroatoms. The molecule has 0 aromatic carbocycles. The van der Waals surface area contributed by atoms with Gasteiger partial charge in [0.1, 0.15) is 5.76 Å². The molecule has 0 fully saturated rings. The van der Waals surface area contributed by atoms with Crippen LogP contribution in [-0.2, 0) is 12.8 Å². The fourth-order valence-electron chi connectivity index (χ4n) is 1.95. The van der Waals surface area contributed by atoms with Gasteiger partial charge in [0.05, 0.1) is 6.26 Å². The van der Waals surface area contributed by atoms with Crippen molar-refractivity contribution in [2.24, 2.45) is 4.99 Å². The van der Waals surface area contributed by atoms with Crippen LogP contribution in [0.1, 0.15) is 17.0 Å². The first-order valence-corrected chi connectivity index (χ1v) is 7.16. The van der Waals surface area contributed by atoms with Gasteiger partial charge in [-0.25, -0.2) is 0 Å². The van der Waals surface area contributed by atoms with Crippen molar-refractivity contribution in [3.8, 4) is 0 Å². The third kappa shape index (κ3) is 6.46. The van der Waals surface area contributed by atoms with Crippen LogP contribution in [0.2, 0.25) is 0 Å². The molecule has 0 saturated carbocycles. The van der Waals surface area contributed by atoms with Gasteiger partial charge in [-0.3, -0.25) is 9.98 Å². The van der Waals surface area contributed by atoms with E-state index in [0.717, 1.165) is 43.3 Å². The van der Waals surface area contributed by atoms with Crippen LogP contribution >= 0.6 is 24.0 Å². The van der Waals surface area contributed by atoms with Gasteiger partial charge in [-0.15, -0.1) is 24.0 Å². The molecule has 0 aliphatic heterocycles. The van der Waals surface area contributed by atoms with Crippen LogP contribution in [0, 0.1) is 6.92 Å². The van der Waals surface area contributed by atoms with Crippen LogP contribution in [0.25, 0.3) is 0 Å². The van der Waals surface area contributed by atoms with Crippen molar-refractivity contribution in [2.45, 2.75) is 19.8 Å². The summed E-state index contributed by atoms with van der Waals surface area (Å²) in [6, 6.07) is 8.02. The lowest BCUT2D eigenvalue weighted by atomic mass is 10.2. The van der Waals surface area contributed by atoms with Gasteiger partial charge in [-0.1, -0.05) is 6.07 Å². The van der Waals surface area contributed by atoms with Crippen molar-refractivity contribution in [1.82, 2.24) is 15.6 Å². The van der Waals surface area contributed by atoms with Gasteiger partial charge in [0.25, 0.3) is 0 Å². The highest BCUT2D eigenvalue weighted by Gasteiger charge is 2.00. The van der Waals surface area contributed by atoms with Crippen LogP contribution < -0.4 is 10.6 Å². The minimum absolute atomic E-state index is 0. The van der Waals surface area contributed by atoms with Crippen LogP contribution in [0.3, 0.4) is 0 Å². The molecule has 0 aliphatic carbocycles. The van der Waals surface area contributed by atoms with Gasteiger partial charge in [-0.05, 0) is 37.1 Å². The van der Waals surface area contributed by atoms with Gasteiger partial charge in [0, 0.05) is 38.4 Å². The molecular weight excluding hydrogens is 391 g/mol. The lowest BCUT2D eigenvalue weighted by molar-refractivity contribution is 0.507. The summed E-state index contributed by atoms with van der Waals surface area (Å²) in [5.74, 6) is 1.78. The number of aliphatic imine (C=N–C) groups is 1. The molecule has 5 nitrogen and oxygen atoms in total. The zero-order valence-electron chi connectivity index (χ0n) is 13.0. The van der Waals surface area contributed by atoms with E-state index < -0.39 is 0 Å². The van der Waals surface area contributed by atoms with E-state index in [2.05, 4.69) is 26.7 Å². The molecule has 2 rings (SSSR count). The lowest BCUT2D eigenvalue weighted by Gasteiger charge is -2.11. The number of pyridine rings is 1. The molecule has 0 bridgehead atoms. The first-order valence-electron chi connectivity index (χ1n) is 7.16. The number of halogens is 1. The van der Waals surface area contributed by atoms with Gasteiger partial charge in [-0.2, -0.15) is 0 Å². The normalized spacial score (nSPS) is 10.9. The van der Waals surface area contributed by atoms with Crippen molar-refractivity contribution in [3.63, 3.8) is 0 Å². The third-order valence-electron chi connectivity index (χ3n) is 3.15. The van der Waals surface area contributed by atoms with E-state index in [-0.39, 0.29) is 24.0 Å². The number of nitrogens with one attached hydrogen (secondary N) is 2. The molecule has 0 atom stereocenters. The van der Waals surface area contributed by atoms with Crippen LogP contribution in [-0.4, -0.2) is 31.1 Å². The number of hydrogen-bond acceptors (Lipinski definition) is 3. The van der Waals surface area contributed by atoms with Crippen molar-refractivity contribution in [2.75, 3.05) is 20.1 Å². The molecular formula is C16H23IN4O. The predicted octanol–water partition coefficient (Wildman–Crippen LogP) is 2.55. The molecule has 0 radical (unpaired) electrons. The SMILES string of the molecule is CN=C(NCCc1ccc(C)nc1)NCCc1ccco1.I. The Labute approximate surface area is 148 Å². The fraction of sp³-hybridized carbons (Fsp3) is 0.375. The Morgan fingerprint density at radius 1 is 1.18 bits per heavy atom. The fourth-order valence-corrected chi connectivity index (χ4v) is 1.95. The van der Waals surface area contributed by atoms with E-state index in [9.17, 15) is 0 Å². The maximum Gasteiger partial charge on any atom is 0.191 e. The topological polar surface area (TPSA) is 62.5 Å². The molecule has 0 amide bonds. The summed E-state index contributed by atoms with van der Waals surface area (Å²) in [4.78, 5) is 8.49. The zero-order chi connectivity index (χ0) is 14.9. The molecule has 120 valence electrons. The Balaban J connectivity index is 0.00000242. The second-order valence-electron chi connectivity index (χ2n) is 4.81. The van der Waals surface area contributed by atoms with Crippen molar-refractivity contribution in [3.05, 3.63) is 53.7 Å². The quantitative estimate of drug-likeness (QED) is 0.433. The Morgan fingerprint density at radius 2 is 1.95 bits per heavy atom. The summed E-state index contributed by atoms with van der Waals surface area (Å²) >= 11 is 0. The molecule has 22 heavy (non-hydrogen) atoms. The average Bonchev–Trinajstić information content (AvgIpc) is 3.01. The minimum Gasteiger partial charge on any atom is -0.469 e. The lowest BCUT2D eigenvalue weighted by Crippen LogP contribution is -2.39. The van der Waals surface area contributed by atoms with Crippen LogP contribution in [0.5, 0.6) is 0 Å². The average molecular weight is 414 g/mol. The number of aromatic nitrogens is 1. The van der Waals surface area contributed by atoms with E-state index in [1.54, 1.807) is 13.3 Å². The Kier molecular flexibility index (Phi) is 8.57. The highest BCUT2D eigenvalue weighted by Crippen LogP contribution is 2.00. The van der Waals surface area contributed by atoms with Crippen LogP contribution in [0.15, 0.2) is 46.1 Å². The van der Waals surface area contributed by atoms with Crippen molar-refractivity contribution < 1.29 is 4.42 Å². The Hall–Kier alpha value is -1.57. The van der Waals surface area contributed by atoms with Crippen molar-refractivity contribution in [1.29, 1.82) is 0 Å². The second-order valence-corrected chi connectivity index (χ2v) is 4.81. The molecule has 2 heterocycles. The summed E-state index contributed by atoms with van der Waals surface area (Å²) in [7, 11) is 1.77. The first kappa shape index (κ1) is 18.5.